The zero-order valence-electron chi connectivity index (χ0n) is 11.5. The van der Waals surface area contributed by atoms with E-state index in [-0.39, 0.29) is 11.6 Å². The molecule has 0 unspecified atom stereocenters. The first-order valence-electron chi connectivity index (χ1n) is 6.21. The molecule has 0 aliphatic rings. The van der Waals surface area contributed by atoms with Crippen LogP contribution in [0.2, 0.25) is 5.02 Å². The van der Waals surface area contributed by atoms with E-state index in [9.17, 15) is 14.9 Å². The minimum Gasteiger partial charge on any atom is -0.322 e. The van der Waals surface area contributed by atoms with Crippen molar-refractivity contribution in [2.24, 2.45) is 0 Å². The van der Waals surface area contributed by atoms with Gasteiger partial charge in [0.15, 0.2) is 0 Å². The summed E-state index contributed by atoms with van der Waals surface area (Å²) in [4.78, 5) is 22.5. The van der Waals surface area contributed by atoms with E-state index < -0.39 is 4.92 Å². The summed E-state index contributed by atoms with van der Waals surface area (Å²) in [6.07, 6.45) is 0. The summed E-state index contributed by atoms with van der Waals surface area (Å²) in [7, 11) is 0. The van der Waals surface area contributed by atoms with E-state index in [1.165, 1.54) is 18.2 Å². The molecule has 5 nitrogen and oxygen atoms in total. The van der Waals surface area contributed by atoms with Gasteiger partial charge in [0.1, 0.15) is 0 Å². The molecule has 0 aliphatic carbocycles. The van der Waals surface area contributed by atoms with Crippen LogP contribution in [0.4, 0.5) is 11.4 Å². The Morgan fingerprint density at radius 3 is 2.57 bits per heavy atom. The number of carbonyl (C=O) groups is 1. The lowest BCUT2D eigenvalue weighted by molar-refractivity contribution is -0.385. The van der Waals surface area contributed by atoms with Crippen molar-refractivity contribution in [2.75, 3.05) is 5.32 Å². The standard InChI is InChI=1S/C15H13ClN2O3/c1-9-8-11(6-7-14(9)18(20)21)15(19)17-13-5-3-4-12(16)10(13)2/h3-8H,1-2H3,(H,17,19). The number of nitrogens with zero attached hydrogens (tertiary/aromatic N) is 1. The van der Waals surface area contributed by atoms with Crippen molar-refractivity contribution in [3.63, 3.8) is 0 Å². The molecule has 1 N–H and O–H groups in total. The third-order valence-corrected chi connectivity index (χ3v) is 3.58. The molecule has 0 heterocycles. The maximum Gasteiger partial charge on any atom is 0.272 e. The normalized spacial score (nSPS) is 10.2. The number of nitro benzene ring substituents is 1. The molecule has 0 aliphatic heterocycles. The Hall–Kier alpha value is -2.40. The molecule has 108 valence electrons. The molecule has 0 spiro atoms. The predicted molar refractivity (Wildman–Crippen MR) is 82.0 cm³/mol. The van der Waals surface area contributed by atoms with Gasteiger partial charge in [-0.1, -0.05) is 17.7 Å². The maximum atomic E-state index is 12.2. The number of aryl methyl sites for hydroxylation is 1. The van der Waals surface area contributed by atoms with Gasteiger partial charge in [-0.2, -0.15) is 0 Å². The first-order valence-corrected chi connectivity index (χ1v) is 6.59. The molecule has 21 heavy (non-hydrogen) atoms. The van der Waals surface area contributed by atoms with E-state index in [0.29, 0.717) is 21.8 Å². The molecule has 2 aromatic rings. The summed E-state index contributed by atoms with van der Waals surface area (Å²) in [5, 5.41) is 14.1. The molecule has 0 fully saturated rings. The summed E-state index contributed by atoms with van der Waals surface area (Å²) in [5.74, 6) is -0.335. The van der Waals surface area contributed by atoms with E-state index in [1.54, 1.807) is 32.0 Å². The molecule has 1 amide bonds. The lowest BCUT2D eigenvalue weighted by Gasteiger charge is -2.10. The summed E-state index contributed by atoms with van der Waals surface area (Å²) in [5.41, 5.74) is 2.17. The molecule has 0 atom stereocenters. The van der Waals surface area contributed by atoms with Gasteiger partial charge in [0.05, 0.1) is 4.92 Å². The van der Waals surface area contributed by atoms with Crippen LogP contribution in [0.5, 0.6) is 0 Å². The van der Waals surface area contributed by atoms with Crippen LogP contribution in [0.3, 0.4) is 0 Å². The van der Waals surface area contributed by atoms with Crippen molar-refractivity contribution in [2.45, 2.75) is 13.8 Å². The van der Waals surface area contributed by atoms with Gasteiger partial charge in [0.25, 0.3) is 11.6 Å². The van der Waals surface area contributed by atoms with Crippen LogP contribution in [0.1, 0.15) is 21.5 Å². The van der Waals surface area contributed by atoms with E-state index in [2.05, 4.69) is 5.32 Å². The van der Waals surface area contributed by atoms with Gasteiger partial charge < -0.3 is 5.32 Å². The second kappa shape index (κ2) is 5.93. The fourth-order valence-corrected chi connectivity index (χ4v) is 2.11. The van der Waals surface area contributed by atoms with Crippen LogP contribution in [-0.4, -0.2) is 10.8 Å². The second-order valence-electron chi connectivity index (χ2n) is 4.62. The third kappa shape index (κ3) is 3.20. The molecule has 2 aromatic carbocycles. The highest BCUT2D eigenvalue weighted by Crippen LogP contribution is 2.24. The van der Waals surface area contributed by atoms with Gasteiger partial charge in [-0.15, -0.1) is 0 Å². The van der Waals surface area contributed by atoms with Crippen LogP contribution in [0.25, 0.3) is 0 Å². The maximum absolute atomic E-state index is 12.2. The van der Waals surface area contributed by atoms with Crippen molar-refractivity contribution in [1.29, 1.82) is 0 Å². The number of nitrogens with one attached hydrogen (secondary N) is 1. The first kappa shape index (κ1) is 15.0. The fourth-order valence-electron chi connectivity index (χ4n) is 1.94. The van der Waals surface area contributed by atoms with Crippen molar-refractivity contribution in [1.82, 2.24) is 0 Å². The number of anilines is 1. The van der Waals surface area contributed by atoms with Gasteiger partial charge in [0.2, 0.25) is 0 Å². The van der Waals surface area contributed by atoms with E-state index in [0.717, 1.165) is 5.56 Å². The van der Waals surface area contributed by atoms with Crippen molar-refractivity contribution in [3.05, 3.63) is 68.2 Å². The minimum atomic E-state index is -0.474. The van der Waals surface area contributed by atoms with Crippen molar-refractivity contribution in [3.8, 4) is 0 Å². The summed E-state index contributed by atoms with van der Waals surface area (Å²) in [6, 6.07) is 9.48. The summed E-state index contributed by atoms with van der Waals surface area (Å²) >= 11 is 6.00. The number of hydrogen-bond donors (Lipinski definition) is 1. The highest BCUT2D eigenvalue weighted by atomic mass is 35.5. The van der Waals surface area contributed by atoms with E-state index >= 15 is 0 Å². The lowest BCUT2D eigenvalue weighted by atomic mass is 10.1. The van der Waals surface area contributed by atoms with Crippen LogP contribution in [-0.2, 0) is 0 Å². The Balaban J connectivity index is 2.27. The summed E-state index contributed by atoms with van der Waals surface area (Å²) < 4.78 is 0. The SMILES string of the molecule is Cc1cc(C(=O)Nc2cccc(Cl)c2C)ccc1[N+](=O)[O-]. The number of rotatable bonds is 3. The number of amides is 1. The fraction of sp³-hybridized carbons (Fsp3) is 0.133. The van der Waals surface area contributed by atoms with E-state index in [4.69, 9.17) is 11.6 Å². The van der Waals surface area contributed by atoms with Gasteiger partial charge in [-0.3, -0.25) is 14.9 Å². The highest BCUT2D eigenvalue weighted by Gasteiger charge is 2.14. The molecule has 0 aromatic heterocycles. The van der Waals surface area contributed by atoms with Crippen molar-refractivity contribution < 1.29 is 9.72 Å². The number of benzene rings is 2. The minimum absolute atomic E-state index is 0.00881. The molecule has 0 saturated carbocycles. The van der Waals surface area contributed by atoms with Gasteiger partial charge in [0, 0.05) is 27.9 Å². The van der Waals surface area contributed by atoms with Gasteiger partial charge in [-0.25, -0.2) is 0 Å². The van der Waals surface area contributed by atoms with Gasteiger partial charge in [-0.05, 0) is 43.7 Å². The van der Waals surface area contributed by atoms with Crippen LogP contribution in [0, 0.1) is 24.0 Å². The topological polar surface area (TPSA) is 72.2 Å². The predicted octanol–water partition coefficient (Wildman–Crippen LogP) is 4.12. The highest BCUT2D eigenvalue weighted by molar-refractivity contribution is 6.31. The zero-order chi connectivity index (χ0) is 15.6. The largest absolute Gasteiger partial charge is 0.322 e. The average Bonchev–Trinajstić information content (AvgIpc) is 2.43. The monoisotopic (exact) mass is 304 g/mol. The number of halogens is 1. The molecule has 0 saturated heterocycles. The molecule has 2 rings (SSSR count). The molecule has 0 radical (unpaired) electrons. The molecular weight excluding hydrogens is 292 g/mol. The zero-order valence-corrected chi connectivity index (χ0v) is 12.3. The Kier molecular flexibility index (Phi) is 4.23. The number of hydrogen-bond acceptors (Lipinski definition) is 3. The molecular formula is C15H13ClN2O3. The van der Waals surface area contributed by atoms with Crippen molar-refractivity contribution >= 4 is 28.9 Å². The molecule has 0 bridgehead atoms. The van der Waals surface area contributed by atoms with Crippen LogP contribution >= 0.6 is 11.6 Å². The Bertz CT molecular complexity index is 729. The molecule has 6 heteroatoms. The average molecular weight is 305 g/mol. The second-order valence-corrected chi connectivity index (χ2v) is 5.03. The first-order chi connectivity index (χ1) is 9.90. The third-order valence-electron chi connectivity index (χ3n) is 3.17. The quantitative estimate of drug-likeness (QED) is 0.685. The Morgan fingerprint density at radius 2 is 1.95 bits per heavy atom. The van der Waals surface area contributed by atoms with Gasteiger partial charge >= 0.3 is 0 Å². The smallest absolute Gasteiger partial charge is 0.272 e. The Labute approximate surface area is 126 Å². The summed E-state index contributed by atoms with van der Waals surface area (Å²) in [6.45, 7) is 3.40. The Morgan fingerprint density at radius 1 is 1.24 bits per heavy atom. The number of nitro groups is 1. The van der Waals surface area contributed by atoms with E-state index in [1.807, 2.05) is 0 Å². The lowest BCUT2D eigenvalue weighted by Crippen LogP contribution is -2.13. The van der Waals surface area contributed by atoms with Crippen LogP contribution < -0.4 is 5.32 Å². The number of carbonyl (C=O) groups excluding carboxylic acids is 1. The van der Waals surface area contributed by atoms with Crippen LogP contribution in [0.15, 0.2) is 36.4 Å².